The van der Waals surface area contributed by atoms with E-state index in [-0.39, 0.29) is 23.9 Å². The summed E-state index contributed by atoms with van der Waals surface area (Å²) in [5, 5.41) is 11.1. The van der Waals surface area contributed by atoms with Gasteiger partial charge in [0.1, 0.15) is 0 Å². The van der Waals surface area contributed by atoms with E-state index >= 15 is 0 Å². The molecule has 1 aromatic rings. The van der Waals surface area contributed by atoms with Gasteiger partial charge in [0.25, 0.3) is 5.91 Å². The maximum atomic E-state index is 12.0. The van der Waals surface area contributed by atoms with E-state index in [1.165, 1.54) is 0 Å². The summed E-state index contributed by atoms with van der Waals surface area (Å²) in [4.78, 5) is 37.4. The number of likely N-dealkylation sites (tertiary alicyclic amines) is 1. The number of urea groups is 1. The number of carbonyl (C=O) groups excluding carboxylic acids is 3. The molecule has 0 atom stereocenters. The van der Waals surface area contributed by atoms with Gasteiger partial charge in [-0.3, -0.25) is 14.5 Å². The first-order valence-electron chi connectivity index (χ1n) is 8.99. The molecular formula is C18H26BrN5O3. The van der Waals surface area contributed by atoms with Crippen molar-refractivity contribution in [2.45, 2.75) is 18.9 Å². The Hall–Kier alpha value is -2.13. The van der Waals surface area contributed by atoms with Crippen LogP contribution in [0.2, 0.25) is 0 Å². The first-order chi connectivity index (χ1) is 13.0. The van der Waals surface area contributed by atoms with Gasteiger partial charge in [-0.15, -0.1) is 0 Å². The molecule has 1 aliphatic rings. The largest absolute Gasteiger partial charge is 0.358 e. The molecule has 148 valence electrons. The summed E-state index contributed by atoms with van der Waals surface area (Å²) < 4.78 is 0.842. The van der Waals surface area contributed by atoms with Gasteiger partial charge in [-0.1, -0.05) is 22.0 Å². The summed E-state index contributed by atoms with van der Waals surface area (Å²) in [7, 11) is 1.63. The van der Waals surface area contributed by atoms with Gasteiger partial charge in [0.2, 0.25) is 5.91 Å². The maximum absolute atomic E-state index is 12.0. The van der Waals surface area contributed by atoms with Crippen LogP contribution in [0.4, 0.5) is 4.79 Å². The Bertz CT molecular complexity index is 662. The molecular weight excluding hydrogens is 414 g/mol. The van der Waals surface area contributed by atoms with E-state index in [4.69, 9.17) is 0 Å². The second-order valence-corrected chi connectivity index (χ2v) is 7.31. The number of nitrogens with one attached hydrogen (secondary N) is 4. The minimum atomic E-state index is -0.239. The highest BCUT2D eigenvalue weighted by Crippen LogP contribution is 2.11. The highest BCUT2D eigenvalue weighted by atomic mass is 79.9. The van der Waals surface area contributed by atoms with Crippen molar-refractivity contribution in [2.75, 3.05) is 39.8 Å². The molecule has 0 spiro atoms. The molecule has 1 aromatic carbocycles. The summed E-state index contributed by atoms with van der Waals surface area (Å²) >= 11 is 3.33. The molecule has 8 nitrogen and oxygen atoms in total. The molecule has 0 aliphatic carbocycles. The van der Waals surface area contributed by atoms with Crippen LogP contribution in [-0.4, -0.2) is 68.6 Å². The smallest absolute Gasteiger partial charge is 0.315 e. The monoisotopic (exact) mass is 439 g/mol. The van der Waals surface area contributed by atoms with Gasteiger partial charge in [-0.25, -0.2) is 4.79 Å². The Kier molecular flexibility index (Phi) is 8.53. The molecule has 4 amide bonds. The first-order valence-corrected chi connectivity index (χ1v) is 9.78. The van der Waals surface area contributed by atoms with Crippen LogP contribution >= 0.6 is 15.9 Å². The molecule has 0 aromatic heterocycles. The van der Waals surface area contributed by atoms with E-state index < -0.39 is 0 Å². The number of benzene rings is 1. The number of hydrogen-bond donors (Lipinski definition) is 4. The van der Waals surface area contributed by atoms with Gasteiger partial charge in [0, 0.05) is 49.3 Å². The quantitative estimate of drug-likeness (QED) is 0.469. The van der Waals surface area contributed by atoms with Crippen molar-refractivity contribution in [1.82, 2.24) is 26.2 Å². The van der Waals surface area contributed by atoms with Crippen LogP contribution in [0.25, 0.3) is 0 Å². The van der Waals surface area contributed by atoms with Gasteiger partial charge in [0.15, 0.2) is 0 Å². The van der Waals surface area contributed by atoms with E-state index in [2.05, 4.69) is 42.1 Å². The number of carbonyl (C=O) groups is 3. The van der Waals surface area contributed by atoms with Crippen LogP contribution in [0.5, 0.6) is 0 Å². The Morgan fingerprint density at radius 1 is 1.15 bits per heavy atom. The Labute approximate surface area is 167 Å². The molecule has 1 aliphatic heterocycles. The molecule has 0 unspecified atom stereocenters. The molecule has 9 heteroatoms. The van der Waals surface area contributed by atoms with Gasteiger partial charge in [-0.2, -0.15) is 0 Å². The molecule has 1 heterocycles. The highest BCUT2D eigenvalue weighted by molar-refractivity contribution is 9.10. The molecule has 2 rings (SSSR count). The van der Waals surface area contributed by atoms with Crippen molar-refractivity contribution < 1.29 is 14.4 Å². The van der Waals surface area contributed by atoms with E-state index in [1.54, 1.807) is 25.2 Å². The topological polar surface area (TPSA) is 103 Å². The fourth-order valence-corrected chi connectivity index (χ4v) is 3.24. The summed E-state index contributed by atoms with van der Waals surface area (Å²) in [5.41, 5.74) is 0.567. The average molecular weight is 440 g/mol. The highest BCUT2D eigenvalue weighted by Gasteiger charge is 2.21. The predicted octanol–water partition coefficient (Wildman–Crippen LogP) is 0.689. The van der Waals surface area contributed by atoms with Crippen molar-refractivity contribution in [1.29, 1.82) is 0 Å². The average Bonchev–Trinajstić information content (AvgIpc) is 2.66. The summed E-state index contributed by atoms with van der Waals surface area (Å²) in [5.74, 6) is -0.175. The number of likely N-dealkylation sites (N-methyl/N-ethyl adjacent to an activating group) is 1. The second-order valence-electron chi connectivity index (χ2n) is 6.39. The number of rotatable bonds is 7. The van der Waals surface area contributed by atoms with Gasteiger partial charge in [0.05, 0.1) is 6.54 Å². The number of nitrogens with zero attached hydrogens (tertiary/aromatic N) is 1. The first kappa shape index (κ1) is 21.2. The standard InChI is InChI=1S/C18H26BrN5O3/c1-20-16(25)12-24-9-5-15(6-10-24)23-18(27)22-8-7-21-17(26)13-3-2-4-14(19)11-13/h2-4,11,15H,5-10,12H2,1H3,(H,20,25)(H,21,26)(H2,22,23,27). The molecule has 0 radical (unpaired) electrons. The van der Waals surface area contributed by atoms with Crippen molar-refractivity contribution in [3.63, 3.8) is 0 Å². The lowest BCUT2D eigenvalue weighted by molar-refractivity contribution is -0.122. The van der Waals surface area contributed by atoms with Crippen molar-refractivity contribution in [3.05, 3.63) is 34.3 Å². The Morgan fingerprint density at radius 3 is 2.52 bits per heavy atom. The number of hydrogen-bond acceptors (Lipinski definition) is 4. The number of amides is 4. The van der Waals surface area contributed by atoms with Crippen molar-refractivity contribution in [2.24, 2.45) is 0 Å². The van der Waals surface area contributed by atoms with Gasteiger partial charge < -0.3 is 21.3 Å². The summed E-state index contributed by atoms with van der Waals surface area (Å²) in [6.07, 6.45) is 1.62. The second kappa shape index (κ2) is 10.9. The zero-order valence-electron chi connectivity index (χ0n) is 15.4. The summed E-state index contributed by atoms with van der Waals surface area (Å²) in [6.45, 7) is 2.65. The fourth-order valence-electron chi connectivity index (χ4n) is 2.84. The molecule has 27 heavy (non-hydrogen) atoms. The van der Waals surface area contributed by atoms with Gasteiger partial charge in [-0.05, 0) is 31.0 Å². The molecule has 0 saturated carbocycles. The zero-order chi connectivity index (χ0) is 19.6. The van der Waals surface area contributed by atoms with Crippen LogP contribution < -0.4 is 21.3 Å². The molecule has 0 bridgehead atoms. The van der Waals surface area contributed by atoms with E-state index in [0.717, 1.165) is 30.4 Å². The van der Waals surface area contributed by atoms with Crippen LogP contribution in [-0.2, 0) is 4.79 Å². The zero-order valence-corrected chi connectivity index (χ0v) is 17.0. The Morgan fingerprint density at radius 2 is 1.85 bits per heavy atom. The molecule has 1 fully saturated rings. The lowest BCUT2D eigenvalue weighted by Crippen LogP contribution is -2.50. The lowest BCUT2D eigenvalue weighted by Gasteiger charge is -2.31. The van der Waals surface area contributed by atoms with Crippen molar-refractivity contribution >= 4 is 33.8 Å². The minimum absolute atomic E-state index is 0.00376. The number of halogens is 1. The third-order valence-electron chi connectivity index (χ3n) is 4.35. The van der Waals surface area contributed by atoms with Crippen LogP contribution in [0.1, 0.15) is 23.2 Å². The van der Waals surface area contributed by atoms with E-state index in [1.807, 2.05) is 6.07 Å². The lowest BCUT2D eigenvalue weighted by atomic mass is 10.1. The van der Waals surface area contributed by atoms with Crippen LogP contribution in [0.3, 0.4) is 0 Å². The predicted molar refractivity (Wildman–Crippen MR) is 107 cm³/mol. The van der Waals surface area contributed by atoms with Gasteiger partial charge >= 0.3 is 6.03 Å². The minimum Gasteiger partial charge on any atom is -0.358 e. The van der Waals surface area contributed by atoms with Crippen LogP contribution in [0, 0.1) is 0 Å². The Balaban J connectivity index is 1.59. The fraction of sp³-hybridized carbons (Fsp3) is 0.500. The summed E-state index contributed by atoms with van der Waals surface area (Å²) in [6, 6.07) is 6.98. The third-order valence-corrected chi connectivity index (χ3v) is 4.85. The molecule has 4 N–H and O–H groups in total. The van der Waals surface area contributed by atoms with Crippen molar-refractivity contribution in [3.8, 4) is 0 Å². The van der Waals surface area contributed by atoms with E-state index in [9.17, 15) is 14.4 Å². The maximum Gasteiger partial charge on any atom is 0.315 e. The third kappa shape index (κ3) is 7.56. The van der Waals surface area contributed by atoms with E-state index in [0.29, 0.717) is 25.2 Å². The number of piperidine rings is 1. The van der Waals surface area contributed by atoms with Crippen LogP contribution in [0.15, 0.2) is 28.7 Å². The normalized spacial score (nSPS) is 15.0. The molecule has 1 saturated heterocycles. The SMILES string of the molecule is CNC(=O)CN1CCC(NC(=O)NCCNC(=O)c2cccc(Br)c2)CC1.